The number of aliphatic hydroxyl groups excluding tert-OH is 1. The van der Waals surface area contributed by atoms with Gasteiger partial charge in [-0.2, -0.15) is 0 Å². The predicted molar refractivity (Wildman–Crippen MR) is 76.4 cm³/mol. The minimum Gasteiger partial charge on any atom is -0.394 e. The van der Waals surface area contributed by atoms with Gasteiger partial charge in [0.1, 0.15) is 11.6 Å². The zero-order valence-corrected chi connectivity index (χ0v) is 11.5. The molecule has 20 heavy (non-hydrogen) atoms. The van der Waals surface area contributed by atoms with Crippen molar-refractivity contribution < 1.29 is 10.0 Å². The number of nitro groups is 1. The molecule has 4 N–H and O–H groups in total. The van der Waals surface area contributed by atoms with Gasteiger partial charge in [0.15, 0.2) is 0 Å². The third kappa shape index (κ3) is 3.16. The molecule has 7 nitrogen and oxygen atoms in total. The Morgan fingerprint density at radius 2 is 2.40 bits per heavy atom. The summed E-state index contributed by atoms with van der Waals surface area (Å²) in [5, 5.41) is 23.7. The summed E-state index contributed by atoms with van der Waals surface area (Å²) in [6, 6.07) is 2.58. The maximum Gasteiger partial charge on any atom is 0.276 e. The van der Waals surface area contributed by atoms with Crippen molar-refractivity contribution in [1.82, 2.24) is 4.98 Å². The number of hydrogen-bond acceptors (Lipinski definition) is 6. The Labute approximate surface area is 117 Å². The number of aromatic nitrogens is 1. The number of hydrogen-bond donors (Lipinski definition) is 3. The molecule has 1 saturated carbocycles. The molecule has 2 atom stereocenters. The number of nitrogens with two attached hydrogens (primary N) is 1. The Morgan fingerprint density at radius 1 is 1.65 bits per heavy atom. The van der Waals surface area contributed by atoms with Gasteiger partial charge >= 0.3 is 0 Å². The predicted octanol–water partition coefficient (Wildman–Crippen LogP) is 1.93. The quantitative estimate of drug-likeness (QED) is 0.573. The van der Waals surface area contributed by atoms with Gasteiger partial charge in [0.2, 0.25) is 0 Å². The highest BCUT2D eigenvalue weighted by Crippen LogP contribution is 2.35. The first-order valence-electron chi connectivity index (χ1n) is 6.75. The summed E-state index contributed by atoms with van der Waals surface area (Å²) in [6.07, 6.45) is 3.78. The van der Waals surface area contributed by atoms with Crippen molar-refractivity contribution >= 4 is 17.3 Å². The van der Waals surface area contributed by atoms with Crippen LogP contribution in [0.25, 0.3) is 0 Å². The highest BCUT2D eigenvalue weighted by Gasteiger charge is 2.35. The average Bonchev–Trinajstić information content (AvgIpc) is 2.38. The Balaban J connectivity index is 2.25. The number of pyridine rings is 1. The van der Waals surface area contributed by atoms with Crippen LogP contribution in [0.3, 0.4) is 0 Å². The van der Waals surface area contributed by atoms with Crippen LogP contribution in [0.4, 0.5) is 17.3 Å². The van der Waals surface area contributed by atoms with E-state index < -0.39 is 10.5 Å². The van der Waals surface area contributed by atoms with Gasteiger partial charge in [-0.05, 0) is 18.8 Å². The Bertz CT molecular complexity index is 508. The lowest BCUT2D eigenvalue weighted by Gasteiger charge is -2.39. The van der Waals surface area contributed by atoms with Crippen LogP contribution < -0.4 is 11.1 Å². The molecular formula is C13H20N4O3. The third-order valence-corrected chi connectivity index (χ3v) is 3.83. The van der Waals surface area contributed by atoms with E-state index in [2.05, 4.69) is 17.2 Å². The fourth-order valence-electron chi connectivity index (χ4n) is 2.93. The molecule has 110 valence electrons. The van der Waals surface area contributed by atoms with E-state index in [0.717, 1.165) is 25.7 Å². The van der Waals surface area contributed by atoms with Gasteiger partial charge in [-0.15, -0.1) is 0 Å². The van der Waals surface area contributed by atoms with E-state index >= 15 is 0 Å². The molecule has 0 bridgehead atoms. The molecule has 0 saturated heterocycles. The molecule has 0 radical (unpaired) electrons. The summed E-state index contributed by atoms with van der Waals surface area (Å²) in [5.41, 5.74) is 5.03. The van der Waals surface area contributed by atoms with E-state index in [1.54, 1.807) is 0 Å². The van der Waals surface area contributed by atoms with Gasteiger partial charge in [-0.1, -0.05) is 19.8 Å². The molecule has 1 aromatic rings. The maximum absolute atomic E-state index is 10.8. The van der Waals surface area contributed by atoms with E-state index in [1.165, 1.54) is 12.1 Å². The van der Waals surface area contributed by atoms with Crippen LogP contribution in [0.1, 0.15) is 32.6 Å². The second-order valence-corrected chi connectivity index (χ2v) is 5.66. The van der Waals surface area contributed by atoms with Gasteiger partial charge in [0.25, 0.3) is 5.69 Å². The molecule has 0 spiro atoms. The molecule has 0 aromatic carbocycles. The van der Waals surface area contributed by atoms with Gasteiger partial charge in [0.05, 0.1) is 29.2 Å². The first-order valence-corrected chi connectivity index (χ1v) is 6.75. The summed E-state index contributed by atoms with van der Waals surface area (Å²) in [4.78, 5) is 14.4. The Kier molecular flexibility index (Phi) is 4.08. The minimum absolute atomic E-state index is 0.0262. The summed E-state index contributed by atoms with van der Waals surface area (Å²) in [7, 11) is 0. The molecule has 2 unspecified atom stereocenters. The van der Waals surface area contributed by atoms with E-state index in [-0.39, 0.29) is 18.1 Å². The fraction of sp³-hybridized carbons (Fsp3) is 0.615. The zero-order chi connectivity index (χ0) is 14.8. The van der Waals surface area contributed by atoms with Gasteiger partial charge < -0.3 is 16.2 Å². The number of rotatable bonds is 4. The molecule has 0 amide bonds. The topological polar surface area (TPSA) is 114 Å². The van der Waals surface area contributed by atoms with Crippen LogP contribution in [0.5, 0.6) is 0 Å². The van der Waals surface area contributed by atoms with E-state index in [9.17, 15) is 15.2 Å². The van der Waals surface area contributed by atoms with Gasteiger partial charge in [-0.3, -0.25) is 10.1 Å². The summed E-state index contributed by atoms with van der Waals surface area (Å²) >= 11 is 0. The highest BCUT2D eigenvalue weighted by molar-refractivity contribution is 5.53. The van der Waals surface area contributed by atoms with Crippen molar-refractivity contribution in [3.63, 3.8) is 0 Å². The van der Waals surface area contributed by atoms with Crippen molar-refractivity contribution in [3.05, 3.63) is 22.2 Å². The Hall–Kier alpha value is -1.89. The van der Waals surface area contributed by atoms with Crippen LogP contribution in [-0.2, 0) is 0 Å². The van der Waals surface area contributed by atoms with Gasteiger partial charge in [-0.25, -0.2) is 4.98 Å². The van der Waals surface area contributed by atoms with E-state index in [0.29, 0.717) is 11.7 Å². The Morgan fingerprint density at radius 3 is 3.00 bits per heavy atom. The third-order valence-electron chi connectivity index (χ3n) is 3.83. The van der Waals surface area contributed by atoms with E-state index in [4.69, 9.17) is 5.73 Å². The van der Waals surface area contributed by atoms with E-state index in [1.807, 2.05) is 0 Å². The first-order chi connectivity index (χ1) is 9.44. The van der Waals surface area contributed by atoms with Crippen LogP contribution in [0.15, 0.2) is 12.1 Å². The standard InChI is InChI=1S/C13H20N4O3/c1-9-3-2-4-13(7-9,8-18)16-12-6-10(17(19)20)5-11(14)15-12/h5-6,9,18H,2-4,7-8H2,1H3,(H3,14,15,16). The number of nitrogens with one attached hydrogen (secondary N) is 1. The number of nitrogens with zero attached hydrogens (tertiary/aromatic N) is 2. The number of nitrogen functional groups attached to an aromatic ring is 1. The van der Waals surface area contributed by atoms with Crippen molar-refractivity contribution in [3.8, 4) is 0 Å². The number of anilines is 2. The monoisotopic (exact) mass is 280 g/mol. The summed E-state index contributed by atoms with van der Waals surface area (Å²) < 4.78 is 0. The number of aliphatic hydroxyl groups is 1. The minimum atomic E-state index is -0.502. The first kappa shape index (κ1) is 14.5. The lowest BCUT2D eigenvalue weighted by Crippen LogP contribution is -2.46. The molecule has 1 aliphatic carbocycles. The average molecular weight is 280 g/mol. The second kappa shape index (κ2) is 5.62. The van der Waals surface area contributed by atoms with Crippen molar-refractivity contribution in [2.24, 2.45) is 5.92 Å². The SMILES string of the molecule is CC1CCCC(CO)(Nc2cc([N+](=O)[O-])cc(N)n2)C1. The van der Waals surface area contributed by atoms with Crippen LogP contribution in [0.2, 0.25) is 0 Å². The maximum atomic E-state index is 10.8. The van der Waals surface area contributed by atoms with Crippen molar-refractivity contribution in [2.75, 3.05) is 17.7 Å². The van der Waals surface area contributed by atoms with Crippen molar-refractivity contribution in [1.29, 1.82) is 0 Å². The zero-order valence-electron chi connectivity index (χ0n) is 11.5. The molecule has 1 aliphatic rings. The van der Waals surface area contributed by atoms with Crippen LogP contribution in [-0.4, -0.2) is 27.2 Å². The molecular weight excluding hydrogens is 260 g/mol. The fourth-order valence-corrected chi connectivity index (χ4v) is 2.93. The smallest absolute Gasteiger partial charge is 0.276 e. The highest BCUT2D eigenvalue weighted by atomic mass is 16.6. The largest absolute Gasteiger partial charge is 0.394 e. The molecule has 1 fully saturated rings. The summed E-state index contributed by atoms with van der Waals surface area (Å²) in [5.74, 6) is 0.943. The molecule has 1 heterocycles. The lowest BCUT2D eigenvalue weighted by atomic mass is 9.77. The van der Waals surface area contributed by atoms with Crippen LogP contribution in [0, 0.1) is 16.0 Å². The molecule has 1 aromatic heterocycles. The van der Waals surface area contributed by atoms with Crippen LogP contribution >= 0.6 is 0 Å². The second-order valence-electron chi connectivity index (χ2n) is 5.66. The molecule has 7 heteroatoms. The molecule has 2 rings (SSSR count). The van der Waals surface area contributed by atoms with Gasteiger partial charge in [0, 0.05) is 0 Å². The lowest BCUT2D eigenvalue weighted by molar-refractivity contribution is -0.384. The summed E-state index contributed by atoms with van der Waals surface area (Å²) in [6.45, 7) is 2.11. The van der Waals surface area contributed by atoms with Crippen molar-refractivity contribution in [2.45, 2.75) is 38.1 Å². The normalized spacial score (nSPS) is 26.2. The molecule has 0 aliphatic heterocycles.